The lowest BCUT2D eigenvalue weighted by Crippen LogP contribution is -2.48. The maximum Gasteiger partial charge on any atom is 0.120 e. The number of hydrogen-bond donors (Lipinski definition) is 1. The highest BCUT2D eigenvalue weighted by atomic mass is 16.5. The molecule has 2 aromatic rings. The molecule has 1 aromatic carbocycles. The SMILES string of the molecule is CC(C)N1CCN(Cc2cc3cc(OC4CCN(C5CCC5)CC4)ccc3[nH]2)CC1. The van der Waals surface area contributed by atoms with Crippen LogP contribution in [0.4, 0.5) is 0 Å². The van der Waals surface area contributed by atoms with Crippen molar-refractivity contribution in [1.82, 2.24) is 19.7 Å². The highest BCUT2D eigenvalue weighted by molar-refractivity contribution is 5.81. The van der Waals surface area contributed by atoms with Crippen molar-refractivity contribution < 1.29 is 4.74 Å². The molecule has 0 amide bonds. The summed E-state index contributed by atoms with van der Waals surface area (Å²) in [4.78, 5) is 11.4. The number of benzene rings is 1. The lowest BCUT2D eigenvalue weighted by molar-refractivity contribution is 0.0494. The van der Waals surface area contributed by atoms with Gasteiger partial charge in [-0.05, 0) is 63.8 Å². The molecule has 2 saturated heterocycles. The molecule has 5 heteroatoms. The maximum absolute atomic E-state index is 6.38. The number of rotatable bonds is 6. The Hall–Kier alpha value is -1.56. The molecule has 30 heavy (non-hydrogen) atoms. The number of fused-ring (bicyclic) bond motifs is 1. The second kappa shape index (κ2) is 8.89. The minimum absolute atomic E-state index is 0.370. The molecule has 0 radical (unpaired) electrons. The van der Waals surface area contributed by atoms with Crippen LogP contribution in [0.2, 0.25) is 0 Å². The number of H-pyrrole nitrogens is 1. The third-order valence-electron chi connectivity index (χ3n) is 7.55. The van der Waals surface area contributed by atoms with Crippen molar-refractivity contribution in [3.05, 3.63) is 30.0 Å². The summed E-state index contributed by atoms with van der Waals surface area (Å²) in [5.41, 5.74) is 2.53. The largest absolute Gasteiger partial charge is 0.490 e. The molecule has 3 heterocycles. The van der Waals surface area contributed by atoms with Gasteiger partial charge in [0.2, 0.25) is 0 Å². The Morgan fingerprint density at radius 2 is 1.73 bits per heavy atom. The van der Waals surface area contributed by atoms with Gasteiger partial charge in [-0.25, -0.2) is 0 Å². The average Bonchev–Trinajstić information content (AvgIpc) is 3.10. The van der Waals surface area contributed by atoms with Crippen LogP contribution in [0.3, 0.4) is 0 Å². The second-order valence-electron chi connectivity index (χ2n) is 9.89. The van der Waals surface area contributed by atoms with Crippen molar-refractivity contribution in [2.75, 3.05) is 39.3 Å². The van der Waals surface area contributed by atoms with Gasteiger partial charge in [0, 0.05) is 74.5 Å². The van der Waals surface area contributed by atoms with Gasteiger partial charge < -0.3 is 14.6 Å². The zero-order chi connectivity index (χ0) is 20.5. The summed E-state index contributed by atoms with van der Waals surface area (Å²) in [5.74, 6) is 1.03. The van der Waals surface area contributed by atoms with E-state index < -0.39 is 0 Å². The number of aromatic nitrogens is 1. The van der Waals surface area contributed by atoms with Gasteiger partial charge in [0.05, 0.1) is 0 Å². The number of piperazine rings is 1. The molecule has 0 unspecified atom stereocenters. The van der Waals surface area contributed by atoms with Gasteiger partial charge in [-0.15, -0.1) is 0 Å². The Labute approximate surface area is 181 Å². The third-order valence-corrected chi connectivity index (χ3v) is 7.55. The average molecular weight is 411 g/mol. The lowest BCUT2D eigenvalue weighted by Gasteiger charge is -2.41. The van der Waals surface area contributed by atoms with Crippen LogP contribution >= 0.6 is 0 Å². The monoisotopic (exact) mass is 410 g/mol. The fourth-order valence-electron chi connectivity index (χ4n) is 5.31. The molecule has 1 N–H and O–H groups in total. The predicted molar refractivity (Wildman–Crippen MR) is 123 cm³/mol. The second-order valence-corrected chi connectivity index (χ2v) is 9.89. The van der Waals surface area contributed by atoms with Crippen molar-refractivity contribution >= 4 is 10.9 Å². The lowest BCUT2D eigenvalue weighted by atomic mass is 9.90. The van der Waals surface area contributed by atoms with Gasteiger partial charge in [-0.2, -0.15) is 0 Å². The molecule has 2 aliphatic heterocycles. The molecule has 1 aromatic heterocycles. The normalized spacial score (nSPS) is 23.3. The standard InChI is InChI=1S/C25H38N4O/c1-19(2)28-14-12-27(13-15-28)18-21-16-20-17-24(6-7-25(20)26-21)30-23-8-10-29(11-9-23)22-4-3-5-22/h6-7,16-17,19,22-23,26H,3-5,8-15,18H2,1-2H3. The van der Waals surface area contributed by atoms with Crippen LogP contribution in [0.15, 0.2) is 24.3 Å². The van der Waals surface area contributed by atoms with Crippen LogP contribution < -0.4 is 4.74 Å². The topological polar surface area (TPSA) is 34.7 Å². The van der Waals surface area contributed by atoms with Crippen LogP contribution in [0, 0.1) is 0 Å². The first-order chi connectivity index (χ1) is 14.6. The molecule has 5 nitrogen and oxygen atoms in total. The van der Waals surface area contributed by atoms with Crippen LogP contribution in [0.5, 0.6) is 5.75 Å². The fourth-order valence-corrected chi connectivity index (χ4v) is 5.31. The van der Waals surface area contributed by atoms with E-state index in [0.717, 1.165) is 44.3 Å². The molecule has 164 valence electrons. The molecule has 1 saturated carbocycles. The Morgan fingerprint density at radius 3 is 2.40 bits per heavy atom. The maximum atomic E-state index is 6.38. The van der Waals surface area contributed by atoms with E-state index in [2.05, 4.69) is 57.8 Å². The van der Waals surface area contributed by atoms with Crippen LogP contribution in [-0.2, 0) is 6.54 Å². The molecular formula is C25H38N4O. The first-order valence-corrected chi connectivity index (χ1v) is 12.1. The minimum atomic E-state index is 0.370. The van der Waals surface area contributed by atoms with Gasteiger partial charge in [-0.3, -0.25) is 9.80 Å². The first kappa shape index (κ1) is 20.3. The summed E-state index contributed by atoms with van der Waals surface area (Å²) in [7, 11) is 0. The van der Waals surface area contributed by atoms with Crippen molar-refractivity contribution in [2.24, 2.45) is 0 Å². The van der Waals surface area contributed by atoms with E-state index in [0.29, 0.717) is 12.1 Å². The Bertz CT molecular complexity index is 827. The zero-order valence-electron chi connectivity index (χ0n) is 18.8. The Kier molecular flexibility index (Phi) is 6.03. The van der Waals surface area contributed by atoms with E-state index >= 15 is 0 Å². The van der Waals surface area contributed by atoms with Crippen molar-refractivity contribution in [3.8, 4) is 5.75 Å². The molecule has 3 aliphatic rings. The zero-order valence-corrected chi connectivity index (χ0v) is 18.8. The minimum Gasteiger partial charge on any atom is -0.490 e. The predicted octanol–water partition coefficient (Wildman–Crippen LogP) is 4.09. The van der Waals surface area contributed by atoms with E-state index in [-0.39, 0.29) is 0 Å². The highest BCUT2D eigenvalue weighted by Gasteiger charge is 2.29. The molecule has 3 fully saturated rings. The fraction of sp³-hybridized carbons (Fsp3) is 0.680. The molecular weight excluding hydrogens is 372 g/mol. The molecule has 0 bridgehead atoms. The smallest absolute Gasteiger partial charge is 0.120 e. The Morgan fingerprint density at radius 1 is 0.967 bits per heavy atom. The van der Waals surface area contributed by atoms with Crippen molar-refractivity contribution in [1.29, 1.82) is 0 Å². The van der Waals surface area contributed by atoms with Crippen LogP contribution in [0.25, 0.3) is 10.9 Å². The number of piperidine rings is 1. The highest BCUT2D eigenvalue weighted by Crippen LogP contribution is 2.29. The number of hydrogen-bond acceptors (Lipinski definition) is 4. The summed E-state index contributed by atoms with van der Waals surface area (Å²) in [6.07, 6.45) is 6.93. The van der Waals surface area contributed by atoms with Crippen molar-refractivity contribution in [2.45, 2.75) is 70.7 Å². The number of aromatic amines is 1. The summed E-state index contributed by atoms with van der Waals surface area (Å²) in [6, 6.07) is 10.4. The molecule has 1 aliphatic carbocycles. The number of likely N-dealkylation sites (tertiary alicyclic amines) is 1. The van der Waals surface area contributed by atoms with Gasteiger partial charge in [-0.1, -0.05) is 6.42 Å². The van der Waals surface area contributed by atoms with E-state index in [1.807, 2.05) is 0 Å². The molecule has 5 rings (SSSR count). The molecule has 0 atom stereocenters. The Balaban J connectivity index is 1.15. The van der Waals surface area contributed by atoms with Crippen LogP contribution in [0.1, 0.15) is 51.6 Å². The number of ether oxygens (including phenoxy) is 1. The first-order valence-electron chi connectivity index (χ1n) is 12.1. The third kappa shape index (κ3) is 4.53. The van der Waals surface area contributed by atoms with E-state index in [1.54, 1.807) is 0 Å². The van der Waals surface area contributed by atoms with Gasteiger partial charge in [0.15, 0.2) is 0 Å². The quantitative estimate of drug-likeness (QED) is 0.778. The van der Waals surface area contributed by atoms with E-state index in [4.69, 9.17) is 4.74 Å². The summed E-state index contributed by atoms with van der Waals surface area (Å²) in [6.45, 7) is 12.7. The molecule has 0 spiro atoms. The summed E-state index contributed by atoms with van der Waals surface area (Å²) < 4.78 is 6.38. The summed E-state index contributed by atoms with van der Waals surface area (Å²) in [5, 5.41) is 1.27. The van der Waals surface area contributed by atoms with E-state index in [9.17, 15) is 0 Å². The van der Waals surface area contributed by atoms with E-state index in [1.165, 1.54) is 62.0 Å². The van der Waals surface area contributed by atoms with Crippen molar-refractivity contribution in [3.63, 3.8) is 0 Å². The van der Waals surface area contributed by atoms with Crippen LogP contribution in [-0.4, -0.2) is 77.1 Å². The van der Waals surface area contributed by atoms with Gasteiger partial charge in [0.1, 0.15) is 11.9 Å². The van der Waals surface area contributed by atoms with Gasteiger partial charge in [0.25, 0.3) is 0 Å². The number of nitrogens with one attached hydrogen (secondary N) is 1. The summed E-state index contributed by atoms with van der Waals surface area (Å²) >= 11 is 0. The van der Waals surface area contributed by atoms with Gasteiger partial charge >= 0.3 is 0 Å². The number of nitrogens with zero attached hydrogens (tertiary/aromatic N) is 3.